The quantitative estimate of drug-likeness (QED) is 0.648. The number of hydrogen-bond donors (Lipinski definition) is 1. The molecule has 1 aromatic carbocycles. The zero-order valence-electron chi connectivity index (χ0n) is 5.94. The van der Waals surface area contributed by atoms with Crippen LogP contribution < -0.4 is 0 Å². The van der Waals surface area contributed by atoms with E-state index >= 15 is 0 Å². The summed E-state index contributed by atoms with van der Waals surface area (Å²) in [5, 5.41) is 8.66. The molecule has 0 aliphatic heterocycles. The van der Waals surface area contributed by atoms with Gasteiger partial charge < -0.3 is 5.11 Å². The largest absolute Gasteiger partial charge is 0.503 e. The van der Waals surface area contributed by atoms with Gasteiger partial charge in [0, 0.05) is 5.56 Å². The van der Waals surface area contributed by atoms with Crippen LogP contribution in [-0.4, -0.2) is 5.11 Å². The van der Waals surface area contributed by atoms with Gasteiger partial charge in [-0.1, -0.05) is 12.7 Å². The zero-order valence-corrected chi connectivity index (χ0v) is 5.94. The molecule has 0 saturated heterocycles. The summed E-state index contributed by atoms with van der Waals surface area (Å²) in [7, 11) is 0. The first-order chi connectivity index (χ1) is 5.57. The molecule has 0 aliphatic carbocycles. The Balaban J connectivity index is 3.49. The Morgan fingerprint density at radius 2 is 1.83 bits per heavy atom. The van der Waals surface area contributed by atoms with Crippen molar-refractivity contribution < 1.29 is 18.3 Å². The third-order valence-electron chi connectivity index (χ3n) is 1.38. The maximum atomic E-state index is 12.7. The lowest BCUT2D eigenvalue weighted by molar-refractivity contribution is 0.376. The fourth-order valence-corrected chi connectivity index (χ4v) is 0.758. The highest BCUT2D eigenvalue weighted by Crippen LogP contribution is 2.25. The van der Waals surface area contributed by atoms with Crippen LogP contribution in [0.25, 0.3) is 6.08 Å². The molecule has 0 radical (unpaired) electrons. The Hall–Kier alpha value is -1.45. The van der Waals surface area contributed by atoms with Crippen LogP contribution in [0.5, 0.6) is 5.75 Å². The van der Waals surface area contributed by atoms with E-state index in [2.05, 4.69) is 6.58 Å². The van der Waals surface area contributed by atoms with Crippen molar-refractivity contribution in [3.63, 3.8) is 0 Å². The van der Waals surface area contributed by atoms with Gasteiger partial charge in [-0.2, -0.15) is 4.39 Å². The van der Waals surface area contributed by atoms with E-state index in [4.69, 9.17) is 5.11 Å². The second-order valence-corrected chi connectivity index (χ2v) is 2.13. The molecule has 64 valence electrons. The predicted molar refractivity (Wildman–Crippen MR) is 38.1 cm³/mol. The number of halogens is 3. The SMILES string of the molecule is C=Cc1cc(F)c(F)c(O)c1F. The highest BCUT2D eigenvalue weighted by molar-refractivity contribution is 5.51. The smallest absolute Gasteiger partial charge is 0.203 e. The second-order valence-electron chi connectivity index (χ2n) is 2.13. The average Bonchev–Trinajstić information content (AvgIpc) is 2.08. The Morgan fingerprint density at radius 3 is 2.33 bits per heavy atom. The Labute approximate surface area is 66.8 Å². The molecular formula is C8H5F3O. The van der Waals surface area contributed by atoms with Gasteiger partial charge in [0.1, 0.15) is 0 Å². The molecule has 0 aliphatic rings. The van der Waals surface area contributed by atoms with Gasteiger partial charge in [0.05, 0.1) is 0 Å². The molecule has 1 aromatic rings. The molecule has 0 unspecified atom stereocenters. The third-order valence-corrected chi connectivity index (χ3v) is 1.38. The summed E-state index contributed by atoms with van der Waals surface area (Å²) in [6, 6.07) is 0.622. The van der Waals surface area contributed by atoms with E-state index in [9.17, 15) is 13.2 Å². The van der Waals surface area contributed by atoms with Crippen molar-refractivity contribution >= 4 is 6.08 Å². The molecule has 0 aromatic heterocycles. The molecular weight excluding hydrogens is 169 g/mol. The van der Waals surface area contributed by atoms with Crippen molar-refractivity contribution in [1.82, 2.24) is 0 Å². The van der Waals surface area contributed by atoms with Crippen LogP contribution in [0.3, 0.4) is 0 Å². The molecule has 0 heterocycles. The molecule has 1 N–H and O–H groups in total. The van der Waals surface area contributed by atoms with E-state index in [1.807, 2.05) is 0 Å². The molecule has 0 atom stereocenters. The second kappa shape index (κ2) is 2.89. The average molecular weight is 174 g/mol. The number of benzene rings is 1. The van der Waals surface area contributed by atoms with Crippen LogP contribution in [0, 0.1) is 17.5 Å². The lowest BCUT2D eigenvalue weighted by Gasteiger charge is -2.01. The summed E-state index contributed by atoms with van der Waals surface area (Å²) in [6.07, 6.45) is 0.984. The number of phenols is 1. The lowest BCUT2D eigenvalue weighted by Crippen LogP contribution is -1.92. The summed E-state index contributed by atoms with van der Waals surface area (Å²) in [6.45, 7) is 3.16. The molecule has 12 heavy (non-hydrogen) atoms. The van der Waals surface area contributed by atoms with Crippen molar-refractivity contribution in [3.05, 3.63) is 35.7 Å². The van der Waals surface area contributed by atoms with E-state index in [1.165, 1.54) is 0 Å². The van der Waals surface area contributed by atoms with Crippen LogP contribution in [0.1, 0.15) is 5.56 Å². The van der Waals surface area contributed by atoms with Gasteiger partial charge in [0.25, 0.3) is 0 Å². The fraction of sp³-hybridized carbons (Fsp3) is 0. The van der Waals surface area contributed by atoms with E-state index in [-0.39, 0.29) is 5.56 Å². The minimum atomic E-state index is -1.59. The number of phenolic OH excluding ortho intramolecular Hbond substituents is 1. The highest BCUT2D eigenvalue weighted by Gasteiger charge is 2.15. The Kier molecular flexibility index (Phi) is 2.08. The van der Waals surface area contributed by atoms with Gasteiger partial charge in [0.15, 0.2) is 17.4 Å². The standard InChI is InChI=1S/C8H5F3O/c1-2-4-3-5(9)7(11)8(12)6(4)10/h2-3,12H,1H2. The van der Waals surface area contributed by atoms with Gasteiger partial charge in [-0.05, 0) is 6.07 Å². The number of hydrogen-bond acceptors (Lipinski definition) is 1. The molecule has 1 nitrogen and oxygen atoms in total. The normalized spacial score (nSPS) is 9.92. The van der Waals surface area contributed by atoms with Crippen LogP contribution in [-0.2, 0) is 0 Å². The first-order valence-electron chi connectivity index (χ1n) is 3.06. The number of rotatable bonds is 1. The van der Waals surface area contributed by atoms with E-state index in [0.29, 0.717) is 6.07 Å². The topological polar surface area (TPSA) is 20.2 Å². The summed E-state index contributed by atoms with van der Waals surface area (Å²) in [5.74, 6) is -5.41. The van der Waals surface area contributed by atoms with Crippen molar-refractivity contribution in [2.75, 3.05) is 0 Å². The van der Waals surface area contributed by atoms with E-state index < -0.39 is 23.2 Å². The third kappa shape index (κ3) is 1.15. The molecule has 4 heteroatoms. The van der Waals surface area contributed by atoms with Crippen LogP contribution in [0.15, 0.2) is 12.6 Å². The fourth-order valence-electron chi connectivity index (χ4n) is 0.758. The molecule has 0 amide bonds. The van der Waals surface area contributed by atoms with Crippen LogP contribution in [0.2, 0.25) is 0 Å². The Morgan fingerprint density at radius 1 is 1.25 bits per heavy atom. The maximum absolute atomic E-state index is 12.7. The van der Waals surface area contributed by atoms with Crippen molar-refractivity contribution in [3.8, 4) is 5.75 Å². The van der Waals surface area contributed by atoms with Crippen LogP contribution >= 0.6 is 0 Å². The maximum Gasteiger partial charge on any atom is 0.203 e. The molecule has 1 rings (SSSR count). The first-order valence-corrected chi connectivity index (χ1v) is 3.06. The summed E-state index contributed by atoms with van der Waals surface area (Å²) in [4.78, 5) is 0. The zero-order chi connectivity index (χ0) is 9.30. The van der Waals surface area contributed by atoms with Gasteiger partial charge in [0.2, 0.25) is 5.82 Å². The van der Waals surface area contributed by atoms with E-state index in [0.717, 1.165) is 6.08 Å². The highest BCUT2D eigenvalue weighted by atomic mass is 19.2. The molecule has 0 spiro atoms. The molecule has 0 fully saturated rings. The number of aromatic hydroxyl groups is 1. The van der Waals surface area contributed by atoms with Crippen LogP contribution in [0.4, 0.5) is 13.2 Å². The van der Waals surface area contributed by atoms with Gasteiger partial charge in [-0.15, -0.1) is 0 Å². The first kappa shape index (κ1) is 8.64. The predicted octanol–water partition coefficient (Wildman–Crippen LogP) is 2.45. The summed E-state index contributed by atoms with van der Waals surface area (Å²) >= 11 is 0. The summed E-state index contributed by atoms with van der Waals surface area (Å²) in [5.41, 5.74) is -0.272. The van der Waals surface area contributed by atoms with Gasteiger partial charge in [-0.3, -0.25) is 0 Å². The van der Waals surface area contributed by atoms with Gasteiger partial charge >= 0.3 is 0 Å². The lowest BCUT2D eigenvalue weighted by atomic mass is 10.2. The minimum absolute atomic E-state index is 0.272. The molecule has 0 bridgehead atoms. The van der Waals surface area contributed by atoms with Crippen molar-refractivity contribution in [2.45, 2.75) is 0 Å². The summed E-state index contributed by atoms with van der Waals surface area (Å²) < 4.78 is 37.6. The Bertz CT molecular complexity index is 334. The van der Waals surface area contributed by atoms with Crippen molar-refractivity contribution in [2.24, 2.45) is 0 Å². The van der Waals surface area contributed by atoms with Gasteiger partial charge in [-0.25, -0.2) is 8.78 Å². The monoisotopic (exact) mass is 174 g/mol. The van der Waals surface area contributed by atoms with Crippen molar-refractivity contribution in [1.29, 1.82) is 0 Å². The minimum Gasteiger partial charge on any atom is -0.503 e. The molecule has 0 saturated carbocycles. The van der Waals surface area contributed by atoms with E-state index in [1.54, 1.807) is 0 Å².